The third kappa shape index (κ3) is 5.05. The second-order valence-corrected chi connectivity index (χ2v) is 6.35. The fraction of sp³-hybridized carbons (Fsp3) is 1.00. The molecule has 0 spiro atoms. The normalized spacial score (nSPS) is 24.9. The van der Waals surface area contributed by atoms with E-state index in [2.05, 4.69) is 28.5 Å². The average molecular weight is 267 g/mol. The van der Waals surface area contributed by atoms with Crippen molar-refractivity contribution in [1.29, 1.82) is 0 Å². The lowest BCUT2D eigenvalue weighted by molar-refractivity contribution is 0.119. The molecule has 0 aromatic carbocycles. The second-order valence-electron chi connectivity index (χ2n) is 6.35. The highest BCUT2D eigenvalue weighted by atomic mass is 15.3. The Bertz CT molecular complexity index is 228. The SMILES string of the molecule is CCCN1CCC(CCN2CCN(CC)CC2)CC1. The summed E-state index contributed by atoms with van der Waals surface area (Å²) in [7, 11) is 0. The largest absolute Gasteiger partial charge is 0.303 e. The van der Waals surface area contributed by atoms with Crippen LogP contribution in [0.5, 0.6) is 0 Å². The van der Waals surface area contributed by atoms with Crippen LogP contribution in [0, 0.1) is 5.92 Å². The summed E-state index contributed by atoms with van der Waals surface area (Å²) in [5, 5.41) is 0. The molecule has 2 heterocycles. The first-order chi connectivity index (χ1) is 9.31. The molecule has 0 saturated carbocycles. The first-order valence-corrected chi connectivity index (χ1v) is 8.49. The van der Waals surface area contributed by atoms with Crippen molar-refractivity contribution in [2.75, 3.05) is 58.9 Å². The Labute approximate surface area is 119 Å². The number of hydrogen-bond acceptors (Lipinski definition) is 3. The lowest BCUT2D eigenvalue weighted by Crippen LogP contribution is -2.46. The first-order valence-electron chi connectivity index (χ1n) is 8.49. The summed E-state index contributed by atoms with van der Waals surface area (Å²) in [4.78, 5) is 7.90. The summed E-state index contributed by atoms with van der Waals surface area (Å²) in [6.45, 7) is 16.3. The van der Waals surface area contributed by atoms with Crippen molar-refractivity contribution >= 4 is 0 Å². The van der Waals surface area contributed by atoms with Gasteiger partial charge in [0, 0.05) is 26.2 Å². The maximum Gasteiger partial charge on any atom is 0.0110 e. The van der Waals surface area contributed by atoms with Gasteiger partial charge in [-0.05, 0) is 64.3 Å². The van der Waals surface area contributed by atoms with Gasteiger partial charge in [-0.15, -0.1) is 0 Å². The van der Waals surface area contributed by atoms with Gasteiger partial charge in [-0.1, -0.05) is 13.8 Å². The van der Waals surface area contributed by atoms with Gasteiger partial charge in [0.15, 0.2) is 0 Å². The molecular formula is C16H33N3. The molecule has 0 radical (unpaired) electrons. The molecule has 2 aliphatic rings. The van der Waals surface area contributed by atoms with Gasteiger partial charge in [-0.25, -0.2) is 0 Å². The number of likely N-dealkylation sites (tertiary alicyclic amines) is 1. The van der Waals surface area contributed by atoms with Crippen LogP contribution < -0.4 is 0 Å². The van der Waals surface area contributed by atoms with E-state index in [-0.39, 0.29) is 0 Å². The maximum absolute atomic E-state index is 2.69. The van der Waals surface area contributed by atoms with Crippen molar-refractivity contribution in [3.63, 3.8) is 0 Å². The standard InChI is InChI=1S/C16H33N3/c1-3-8-18-9-5-16(6-10-18)7-11-19-14-12-17(4-2)13-15-19/h16H,3-15H2,1-2H3. The highest BCUT2D eigenvalue weighted by Crippen LogP contribution is 2.21. The predicted octanol–water partition coefficient (Wildman–Crippen LogP) is 2.14. The van der Waals surface area contributed by atoms with Crippen molar-refractivity contribution in [1.82, 2.24) is 14.7 Å². The average Bonchev–Trinajstić information content (AvgIpc) is 2.47. The van der Waals surface area contributed by atoms with Gasteiger partial charge in [0.2, 0.25) is 0 Å². The Kier molecular flexibility index (Phi) is 6.62. The second kappa shape index (κ2) is 8.23. The zero-order chi connectivity index (χ0) is 13.5. The van der Waals surface area contributed by atoms with Crippen LogP contribution in [0.25, 0.3) is 0 Å². The van der Waals surface area contributed by atoms with E-state index in [9.17, 15) is 0 Å². The van der Waals surface area contributed by atoms with Gasteiger partial charge >= 0.3 is 0 Å². The third-order valence-corrected chi connectivity index (χ3v) is 5.01. The molecule has 3 heteroatoms. The number of hydrogen-bond donors (Lipinski definition) is 0. The molecule has 0 aromatic rings. The molecule has 0 amide bonds. The molecular weight excluding hydrogens is 234 g/mol. The van der Waals surface area contributed by atoms with Gasteiger partial charge < -0.3 is 14.7 Å². The van der Waals surface area contributed by atoms with Gasteiger partial charge in [0.05, 0.1) is 0 Å². The van der Waals surface area contributed by atoms with E-state index in [0.717, 1.165) is 5.92 Å². The number of likely N-dealkylation sites (N-methyl/N-ethyl adjacent to an activating group) is 1. The molecule has 0 aromatic heterocycles. The van der Waals surface area contributed by atoms with Crippen molar-refractivity contribution in [2.24, 2.45) is 5.92 Å². The van der Waals surface area contributed by atoms with E-state index in [4.69, 9.17) is 0 Å². The van der Waals surface area contributed by atoms with E-state index in [0.29, 0.717) is 0 Å². The summed E-state index contributed by atoms with van der Waals surface area (Å²) in [5.41, 5.74) is 0. The van der Waals surface area contributed by atoms with Crippen LogP contribution in [0.4, 0.5) is 0 Å². The summed E-state index contributed by atoms with van der Waals surface area (Å²) < 4.78 is 0. The van der Waals surface area contributed by atoms with E-state index >= 15 is 0 Å². The minimum absolute atomic E-state index is 0.998. The van der Waals surface area contributed by atoms with Crippen LogP contribution in [0.2, 0.25) is 0 Å². The Morgan fingerprint density at radius 3 is 1.89 bits per heavy atom. The van der Waals surface area contributed by atoms with Gasteiger partial charge in [-0.2, -0.15) is 0 Å². The minimum atomic E-state index is 0.998. The Morgan fingerprint density at radius 2 is 1.32 bits per heavy atom. The van der Waals surface area contributed by atoms with Crippen LogP contribution in [-0.4, -0.2) is 73.6 Å². The third-order valence-electron chi connectivity index (χ3n) is 5.01. The summed E-state index contributed by atoms with van der Waals surface area (Å²) >= 11 is 0. The molecule has 2 rings (SSSR count). The molecule has 0 unspecified atom stereocenters. The van der Waals surface area contributed by atoms with E-state index in [1.54, 1.807) is 0 Å². The summed E-state index contributed by atoms with van der Waals surface area (Å²) in [6, 6.07) is 0. The fourth-order valence-corrected chi connectivity index (χ4v) is 3.51. The van der Waals surface area contributed by atoms with E-state index < -0.39 is 0 Å². The molecule has 0 aliphatic carbocycles. The van der Waals surface area contributed by atoms with Crippen LogP contribution in [0.1, 0.15) is 39.5 Å². The number of nitrogens with zero attached hydrogens (tertiary/aromatic N) is 3. The van der Waals surface area contributed by atoms with Crippen LogP contribution in [0.15, 0.2) is 0 Å². The molecule has 2 aliphatic heterocycles. The van der Waals surface area contributed by atoms with Crippen molar-refractivity contribution in [2.45, 2.75) is 39.5 Å². The Balaban J connectivity index is 1.57. The van der Waals surface area contributed by atoms with Crippen LogP contribution >= 0.6 is 0 Å². The molecule has 19 heavy (non-hydrogen) atoms. The van der Waals surface area contributed by atoms with E-state index in [1.165, 1.54) is 84.6 Å². The quantitative estimate of drug-likeness (QED) is 0.730. The summed E-state index contributed by atoms with van der Waals surface area (Å²) in [6.07, 6.45) is 5.63. The minimum Gasteiger partial charge on any atom is -0.303 e. The first kappa shape index (κ1) is 15.3. The zero-order valence-electron chi connectivity index (χ0n) is 13.1. The van der Waals surface area contributed by atoms with E-state index in [1.807, 2.05) is 0 Å². The molecule has 0 atom stereocenters. The number of rotatable bonds is 6. The topological polar surface area (TPSA) is 9.72 Å². The smallest absolute Gasteiger partial charge is 0.0110 e. The molecule has 3 nitrogen and oxygen atoms in total. The summed E-state index contributed by atoms with van der Waals surface area (Å²) in [5.74, 6) is 0.998. The maximum atomic E-state index is 2.69. The molecule has 0 N–H and O–H groups in total. The van der Waals surface area contributed by atoms with Crippen molar-refractivity contribution in [3.8, 4) is 0 Å². The molecule has 2 saturated heterocycles. The van der Waals surface area contributed by atoms with Gasteiger partial charge in [-0.3, -0.25) is 0 Å². The van der Waals surface area contributed by atoms with Crippen LogP contribution in [-0.2, 0) is 0 Å². The fourth-order valence-electron chi connectivity index (χ4n) is 3.51. The molecule has 0 bridgehead atoms. The number of piperazine rings is 1. The highest BCUT2D eigenvalue weighted by molar-refractivity contribution is 4.75. The van der Waals surface area contributed by atoms with Crippen molar-refractivity contribution < 1.29 is 0 Å². The van der Waals surface area contributed by atoms with Crippen molar-refractivity contribution in [3.05, 3.63) is 0 Å². The Hall–Kier alpha value is -0.120. The highest BCUT2D eigenvalue weighted by Gasteiger charge is 2.20. The Morgan fingerprint density at radius 1 is 0.737 bits per heavy atom. The van der Waals surface area contributed by atoms with Crippen LogP contribution in [0.3, 0.4) is 0 Å². The number of piperidine rings is 1. The predicted molar refractivity (Wildman–Crippen MR) is 82.6 cm³/mol. The van der Waals surface area contributed by atoms with Gasteiger partial charge in [0.25, 0.3) is 0 Å². The van der Waals surface area contributed by atoms with Gasteiger partial charge in [0.1, 0.15) is 0 Å². The lowest BCUT2D eigenvalue weighted by atomic mass is 9.93. The molecule has 2 fully saturated rings. The zero-order valence-corrected chi connectivity index (χ0v) is 13.1. The molecule has 112 valence electrons. The lowest BCUT2D eigenvalue weighted by Gasteiger charge is -2.36. The monoisotopic (exact) mass is 267 g/mol.